The van der Waals surface area contributed by atoms with Gasteiger partial charge in [-0.2, -0.15) is 0 Å². The Morgan fingerprint density at radius 1 is 1.23 bits per heavy atom. The van der Waals surface area contributed by atoms with Crippen LogP contribution in [0.3, 0.4) is 0 Å². The molecule has 13 heavy (non-hydrogen) atoms. The molecule has 0 spiro atoms. The van der Waals surface area contributed by atoms with Crippen LogP contribution in [0, 0.1) is 6.92 Å². The van der Waals surface area contributed by atoms with Crippen molar-refractivity contribution >= 4 is 52.4 Å². The molecule has 0 amide bonds. The number of rotatable bonds is 2. The molecule has 1 aromatic carbocycles. The number of nitrogens with one attached hydrogen (secondary N) is 1. The highest BCUT2D eigenvalue weighted by Gasteiger charge is 2.20. The van der Waals surface area contributed by atoms with Gasteiger partial charge >= 0.3 is 0 Å². The van der Waals surface area contributed by atoms with Crippen molar-refractivity contribution < 1.29 is 0 Å². The van der Waals surface area contributed by atoms with Gasteiger partial charge in [-0.05, 0) is 18.6 Å². The van der Waals surface area contributed by atoms with Crippen LogP contribution in [0.2, 0.25) is 0 Å². The van der Waals surface area contributed by atoms with Crippen molar-refractivity contribution in [2.24, 2.45) is 0 Å². The highest BCUT2D eigenvalue weighted by atomic mass is 35.6. The number of alkyl halides is 3. The summed E-state index contributed by atoms with van der Waals surface area (Å²) in [7, 11) is 0. The van der Waals surface area contributed by atoms with E-state index in [1.165, 1.54) is 0 Å². The summed E-state index contributed by atoms with van der Waals surface area (Å²) in [4.78, 5) is 0. The monoisotopic (exact) mass is 255 g/mol. The molecule has 0 unspecified atom stereocenters. The second-order valence-electron chi connectivity index (χ2n) is 2.46. The highest BCUT2D eigenvalue weighted by Crippen LogP contribution is 2.39. The summed E-state index contributed by atoms with van der Waals surface area (Å²) in [6.07, 6.45) is 0. The van der Waals surface area contributed by atoms with E-state index in [2.05, 4.69) is 4.72 Å². The number of para-hydroxylation sites is 1. The number of aryl methyl sites for hydroxylation is 1. The van der Waals surface area contributed by atoms with Gasteiger partial charge in [-0.15, -0.1) is 0 Å². The van der Waals surface area contributed by atoms with Crippen LogP contribution in [0.4, 0.5) is 5.69 Å². The molecule has 0 atom stereocenters. The quantitative estimate of drug-likeness (QED) is 0.622. The first-order valence-corrected chi connectivity index (χ1v) is 5.50. The topological polar surface area (TPSA) is 12.0 Å². The molecule has 1 N–H and O–H groups in total. The zero-order chi connectivity index (χ0) is 9.90. The van der Waals surface area contributed by atoms with Crippen LogP contribution in [-0.2, 0) is 0 Å². The van der Waals surface area contributed by atoms with Gasteiger partial charge in [0, 0.05) is 17.6 Å². The Balaban J connectivity index is 2.60. The standard InChI is InChI=1S/C8H8Cl3NS/c1-6-4-2-3-5-7(6)12-13-8(9,10)11/h2-5,12H,1H3. The summed E-state index contributed by atoms with van der Waals surface area (Å²) < 4.78 is 1.64. The molecule has 0 fully saturated rings. The summed E-state index contributed by atoms with van der Waals surface area (Å²) in [5, 5.41) is 0. The smallest absolute Gasteiger partial charge is 0.256 e. The van der Waals surface area contributed by atoms with Gasteiger partial charge in [-0.1, -0.05) is 53.0 Å². The Bertz CT molecular complexity index is 285. The molecule has 0 aliphatic carbocycles. The first-order valence-electron chi connectivity index (χ1n) is 3.55. The summed E-state index contributed by atoms with van der Waals surface area (Å²) >= 11 is 17.7. The van der Waals surface area contributed by atoms with E-state index in [1.807, 2.05) is 31.2 Å². The zero-order valence-electron chi connectivity index (χ0n) is 6.85. The van der Waals surface area contributed by atoms with Crippen molar-refractivity contribution in [1.82, 2.24) is 0 Å². The number of benzene rings is 1. The van der Waals surface area contributed by atoms with Gasteiger partial charge in [-0.25, -0.2) is 0 Å². The Labute approximate surface area is 96.9 Å². The third-order valence-electron chi connectivity index (χ3n) is 1.42. The lowest BCUT2D eigenvalue weighted by Gasteiger charge is -2.12. The maximum Gasteiger partial charge on any atom is 0.256 e. The minimum atomic E-state index is -1.33. The Kier molecular flexibility index (Phi) is 4.05. The Morgan fingerprint density at radius 3 is 2.38 bits per heavy atom. The van der Waals surface area contributed by atoms with Gasteiger partial charge in [0.25, 0.3) is 3.12 Å². The number of halogens is 3. The second kappa shape index (κ2) is 4.65. The van der Waals surface area contributed by atoms with E-state index in [9.17, 15) is 0 Å². The summed E-state index contributed by atoms with van der Waals surface area (Å²) in [5.74, 6) is 0. The molecule has 72 valence electrons. The van der Waals surface area contributed by atoms with Crippen LogP contribution in [0.5, 0.6) is 0 Å². The number of hydrogen-bond donors (Lipinski definition) is 1. The van der Waals surface area contributed by atoms with Crippen LogP contribution < -0.4 is 4.72 Å². The van der Waals surface area contributed by atoms with E-state index in [-0.39, 0.29) is 0 Å². The third kappa shape index (κ3) is 4.32. The number of anilines is 1. The van der Waals surface area contributed by atoms with Crippen LogP contribution in [0.25, 0.3) is 0 Å². The minimum absolute atomic E-state index is 0.957. The van der Waals surface area contributed by atoms with Crippen LogP contribution in [0.15, 0.2) is 24.3 Å². The van der Waals surface area contributed by atoms with Gasteiger partial charge in [0.05, 0.1) is 0 Å². The van der Waals surface area contributed by atoms with Crippen LogP contribution in [0.1, 0.15) is 5.56 Å². The fraction of sp³-hybridized carbons (Fsp3) is 0.250. The molecule has 1 aromatic rings. The molecule has 0 aromatic heterocycles. The van der Waals surface area contributed by atoms with E-state index in [4.69, 9.17) is 34.8 Å². The summed E-state index contributed by atoms with van der Waals surface area (Å²) in [6.45, 7) is 1.99. The lowest BCUT2D eigenvalue weighted by Crippen LogP contribution is -2.00. The average Bonchev–Trinajstić information content (AvgIpc) is 2.01. The highest BCUT2D eigenvalue weighted by molar-refractivity contribution is 8.05. The van der Waals surface area contributed by atoms with Crippen molar-refractivity contribution in [1.29, 1.82) is 0 Å². The van der Waals surface area contributed by atoms with E-state index < -0.39 is 3.12 Å². The van der Waals surface area contributed by atoms with Gasteiger partial charge in [0.2, 0.25) is 0 Å². The molecule has 0 bridgehead atoms. The largest absolute Gasteiger partial charge is 0.326 e. The van der Waals surface area contributed by atoms with Gasteiger partial charge < -0.3 is 4.72 Å². The van der Waals surface area contributed by atoms with E-state index >= 15 is 0 Å². The van der Waals surface area contributed by atoms with E-state index in [0.717, 1.165) is 23.2 Å². The SMILES string of the molecule is Cc1ccccc1NSC(Cl)(Cl)Cl. The lowest BCUT2D eigenvalue weighted by atomic mass is 10.2. The molecular formula is C8H8Cl3NS. The fourth-order valence-corrected chi connectivity index (χ4v) is 1.60. The Hall–Kier alpha value is 0.240. The maximum atomic E-state index is 5.57. The predicted molar refractivity (Wildman–Crippen MR) is 62.7 cm³/mol. The van der Waals surface area contributed by atoms with Gasteiger partial charge in [0.1, 0.15) is 0 Å². The van der Waals surface area contributed by atoms with Crippen molar-refractivity contribution in [2.75, 3.05) is 4.72 Å². The third-order valence-corrected chi connectivity index (χ3v) is 2.67. The number of hydrogen-bond acceptors (Lipinski definition) is 2. The lowest BCUT2D eigenvalue weighted by molar-refractivity contribution is 1.47. The maximum absolute atomic E-state index is 5.57. The Morgan fingerprint density at radius 2 is 1.85 bits per heavy atom. The second-order valence-corrected chi connectivity index (χ2v) is 6.44. The summed E-state index contributed by atoms with van der Waals surface area (Å²) in [5.41, 5.74) is 2.07. The van der Waals surface area contributed by atoms with Crippen LogP contribution >= 0.6 is 46.8 Å². The molecule has 1 rings (SSSR count). The van der Waals surface area contributed by atoms with E-state index in [0.29, 0.717) is 0 Å². The van der Waals surface area contributed by atoms with Crippen molar-refractivity contribution in [2.45, 2.75) is 10.0 Å². The molecule has 0 heterocycles. The molecule has 5 heteroatoms. The minimum Gasteiger partial charge on any atom is -0.326 e. The zero-order valence-corrected chi connectivity index (χ0v) is 9.94. The van der Waals surface area contributed by atoms with Crippen LogP contribution in [-0.4, -0.2) is 3.12 Å². The molecule has 0 saturated carbocycles. The van der Waals surface area contributed by atoms with Gasteiger partial charge in [0.15, 0.2) is 0 Å². The molecular weight excluding hydrogens is 249 g/mol. The van der Waals surface area contributed by atoms with E-state index in [1.54, 1.807) is 0 Å². The average molecular weight is 257 g/mol. The van der Waals surface area contributed by atoms with Crippen molar-refractivity contribution in [3.8, 4) is 0 Å². The molecule has 1 nitrogen and oxygen atoms in total. The van der Waals surface area contributed by atoms with Crippen molar-refractivity contribution in [3.05, 3.63) is 29.8 Å². The molecule has 0 radical (unpaired) electrons. The summed E-state index contributed by atoms with van der Waals surface area (Å²) in [6, 6.07) is 7.80. The molecule has 0 saturated heterocycles. The normalized spacial score (nSPS) is 11.4. The molecule has 0 aliphatic rings. The van der Waals surface area contributed by atoms with Gasteiger partial charge in [-0.3, -0.25) is 0 Å². The first kappa shape index (κ1) is 11.3. The molecule has 0 aliphatic heterocycles. The fourth-order valence-electron chi connectivity index (χ4n) is 0.800. The first-order chi connectivity index (χ1) is 5.99. The predicted octanol–water partition coefficient (Wildman–Crippen LogP) is 4.38. The van der Waals surface area contributed by atoms with Crippen molar-refractivity contribution in [3.63, 3.8) is 0 Å².